The molecule has 2 nitrogen and oxygen atoms in total. The van der Waals surface area contributed by atoms with Gasteiger partial charge in [0.2, 0.25) is 0 Å². The van der Waals surface area contributed by atoms with Gasteiger partial charge < -0.3 is 9.84 Å². The van der Waals surface area contributed by atoms with E-state index in [2.05, 4.69) is 0 Å². The summed E-state index contributed by atoms with van der Waals surface area (Å²) in [6.07, 6.45) is 0.242. The molecule has 14 heavy (non-hydrogen) atoms. The van der Waals surface area contributed by atoms with Crippen LogP contribution in [0.15, 0.2) is 12.1 Å². The predicted octanol–water partition coefficient (Wildman–Crippen LogP) is 3.28. The van der Waals surface area contributed by atoms with Crippen molar-refractivity contribution >= 4 is 11.6 Å². The Morgan fingerprint density at radius 2 is 2.21 bits per heavy atom. The molecule has 0 fully saturated rings. The predicted molar refractivity (Wildman–Crippen MR) is 53.1 cm³/mol. The minimum atomic E-state index is -0.681. The molecule has 0 bridgehead atoms. The molecule has 4 heteroatoms. The highest BCUT2D eigenvalue weighted by atomic mass is 35.5. The van der Waals surface area contributed by atoms with Crippen LogP contribution in [0.5, 0.6) is 5.75 Å². The Labute approximate surface area is 87.3 Å². The van der Waals surface area contributed by atoms with E-state index in [-0.39, 0.29) is 6.10 Å². The quantitative estimate of drug-likeness (QED) is 0.844. The molecule has 1 atom stereocenters. The monoisotopic (exact) mass is 218 g/mol. The number of hydrogen-bond acceptors (Lipinski definition) is 2. The largest absolute Gasteiger partial charge is 0.505 e. The van der Waals surface area contributed by atoms with Gasteiger partial charge in [0, 0.05) is 12.7 Å². The van der Waals surface area contributed by atoms with E-state index in [0.29, 0.717) is 17.0 Å². The Balaban J connectivity index is 3.23. The van der Waals surface area contributed by atoms with Gasteiger partial charge in [0.05, 0.1) is 11.1 Å². The van der Waals surface area contributed by atoms with Crippen LogP contribution in [-0.4, -0.2) is 12.2 Å². The second kappa shape index (κ2) is 4.62. The lowest BCUT2D eigenvalue weighted by Crippen LogP contribution is -2.02. The molecule has 0 aliphatic heterocycles. The smallest absolute Gasteiger partial charge is 0.165 e. The molecule has 0 heterocycles. The summed E-state index contributed by atoms with van der Waals surface area (Å²) in [7, 11) is 1.49. The van der Waals surface area contributed by atoms with E-state index in [1.54, 1.807) is 0 Å². The molecule has 1 rings (SSSR count). The average molecular weight is 219 g/mol. The summed E-state index contributed by atoms with van der Waals surface area (Å²) in [6, 6.07) is 2.54. The Bertz CT molecular complexity index is 324. The lowest BCUT2D eigenvalue weighted by molar-refractivity contribution is 0.0973. The zero-order valence-electron chi connectivity index (χ0n) is 8.05. The van der Waals surface area contributed by atoms with Crippen molar-refractivity contribution in [1.29, 1.82) is 0 Å². The van der Waals surface area contributed by atoms with Crippen LogP contribution in [0, 0.1) is 5.82 Å². The normalized spacial score (nSPS) is 12.9. The summed E-state index contributed by atoms with van der Waals surface area (Å²) < 4.78 is 18.1. The van der Waals surface area contributed by atoms with Crippen LogP contribution in [0.25, 0.3) is 0 Å². The number of halogens is 2. The average Bonchev–Trinajstić information content (AvgIpc) is 2.19. The number of hydrogen-bond donors (Lipinski definition) is 1. The van der Waals surface area contributed by atoms with E-state index in [4.69, 9.17) is 16.3 Å². The molecule has 0 aliphatic rings. The van der Waals surface area contributed by atoms with Gasteiger partial charge in [-0.25, -0.2) is 4.39 Å². The lowest BCUT2D eigenvalue weighted by Gasteiger charge is -2.16. The minimum Gasteiger partial charge on any atom is -0.505 e. The van der Waals surface area contributed by atoms with Crippen molar-refractivity contribution < 1.29 is 14.2 Å². The molecule has 1 N–H and O–H groups in total. The van der Waals surface area contributed by atoms with Gasteiger partial charge in [0.25, 0.3) is 0 Å². The zero-order valence-corrected chi connectivity index (χ0v) is 8.81. The fourth-order valence-corrected chi connectivity index (χ4v) is 1.63. The molecule has 0 amide bonds. The van der Waals surface area contributed by atoms with E-state index in [0.717, 1.165) is 6.07 Å². The van der Waals surface area contributed by atoms with Gasteiger partial charge in [-0.2, -0.15) is 0 Å². The summed E-state index contributed by atoms with van der Waals surface area (Å²) in [5.74, 6) is -1.11. The number of aromatic hydroxyl groups is 1. The summed E-state index contributed by atoms with van der Waals surface area (Å²) in [5.41, 5.74) is 0.316. The van der Waals surface area contributed by atoms with Gasteiger partial charge in [-0.05, 0) is 18.6 Å². The second-order valence-electron chi connectivity index (χ2n) is 2.92. The van der Waals surface area contributed by atoms with Gasteiger partial charge in [0.1, 0.15) is 0 Å². The van der Waals surface area contributed by atoms with Crippen LogP contribution in [0.2, 0.25) is 5.02 Å². The lowest BCUT2D eigenvalue weighted by atomic mass is 10.1. The zero-order chi connectivity index (χ0) is 10.7. The number of rotatable bonds is 3. The molecule has 1 aromatic carbocycles. The first kappa shape index (κ1) is 11.3. The van der Waals surface area contributed by atoms with Crippen LogP contribution in [-0.2, 0) is 4.74 Å². The Morgan fingerprint density at radius 1 is 1.57 bits per heavy atom. The van der Waals surface area contributed by atoms with Gasteiger partial charge in [-0.15, -0.1) is 0 Å². The fourth-order valence-electron chi connectivity index (χ4n) is 1.35. The summed E-state index contributed by atoms with van der Waals surface area (Å²) in [6.45, 7) is 1.87. The molecule has 0 saturated heterocycles. The van der Waals surface area contributed by atoms with Gasteiger partial charge >= 0.3 is 0 Å². The van der Waals surface area contributed by atoms with E-state index in [9.17, 15) is 9.50 Å². The number of ether oxygens (including phenoxy) is 1. The fraction of sp³-hybridized carbons (Fsp3) is 0.400. The second-order valence-corrected chi connectivity index (χ2v) is 3.33. The van der Waals surface area contributed by atoms with Crippen LogP contribution in [0.1, 0.15) is 25.0 Å². The third-order valence-electron chi connectivity index (χ3n) is 2.09. The standard InChI is InChI=1S/C10H12ClFO2/c1-3-8(14-2)9-6(11)4-5-7(12)10(9)13/h4-5,8,13H,3H2,1-2H3. The highest BCUT2D eigenvalue weighted by Gasteiger charge is 2.19. The topological polar surface area (TPSA) is 29.5 Å². The molecule has 78 valence electrons. The molecule has 0 radical (unpaired) electrons. The maximum atomic E-state index is 13.0. The van der Waals surface area contributed by atoms with E-state index in [1.807, 2.05) is 6.92 Å². The van der Waals surface area contributed by atoms with Crippen LogP contribution >= 0.6 is 11.6 Å². The number of phenols is 1. The minimum absolute atomic E-state index is 0.316. The van der Waals surface area contributed by atoms with Crippen LogP contribution < -0.4 is 0 Å². The summed E-state index contributed by atoms with van der Waals surface area (Å²) >= 11 is 5.85. The third kappa shape index (κ3) is 1.99. The summed E-state index contributed by atoms with van der Waals surface area (Å²) in [5, 5.41) is 9.79. The summed E-state index contributed by atoms with van der Waals surface area (Å²) in [4.78, 5) is 0. The van der Waals surface area contributed by atoms with Crippen molar-refractivity contribution in [2.24, 2.45) is 0 Å². The maximum Gasteiger partial charge on any atom is 0.165 e. The number of phenolic OH excluding ortho intramolecular Hbond substituents is 1. The van der Waals surface area contributed by atoms with Crippen molar-refractivity contribution in [3.05, 3.63) is 28.5 Å². The first-order chi connectivity index (χ1) is 6.61. The highest BCUT2D eigenvalue weighted by Crippen LogP contribution is 2.36. The number of methoxy groups -OCH3 is 1. The molecule has 1 aromatic rings. The van der Waals surface area contributed by atoms with E-state index >= 15 is 0 Å². The third-order valence-corrected chi connectivity index (χ3v) is 2.42. The molecule has 0 aromatic heterocycles. The highest BCUT2D eigenvalue weighted by molar-refractivity contribution is 6.31. The number of benzene rings is 1. The molecule has 1 unspecified atom stereocenters. The van der Waals surface area contributed by atoms with E-state index < -0.39 is 11.6 Å². The molecule has 0 aliphatic carbocycles. The Hall–Kier alpha value is -0.800. The van der Waals surface area contributed by atoms with E-state index in [1.165, 1.54) is 13.2 Å². The van der Waals surface area contributed by atoms with Crippen molar-refractivity contribution in [3.63, 3.8) is 0 Å². The van der Waals surface area contributed by atoms with Crippen LogP contribution in [0.3, 0.4) is 0 Å². The maximum absolute atomic E-state index is 13.0. The van der Waals surface area contributed by atoms with Crippen molar-refractivity contribution in [1.82, 2.24) is 0 Å². The Morgan fingerprint density at radius 3 is 2.71 bits per heavy atom. The SMILES string of the molecule is CCC(OC)c1c(Cl)ccc(F)c1O. The van der Waals surface area contributed by atoms with Crippen molar-refractivity contribution in [2.45, 2.75) is 19.4 Å². The van der Waals surface area contributed by atoms with Gasteiger partial charge in [0.15, 0.2) is 11.6 Å². The first-order valence-electron chi connectivity index (χ1n) is 4.31. The van der Waals surface area contributed by atoms with Gasteiger partial charge in [-0.1, -0.05) is 18.5 Å². The molecular weight excluding hydrogens is 207 g/mol. The van der Waals surface area contributed by atoms with Crippen molar-refractivity contribution in [2.75, 3.05) is 7.11 Å². The molecule has 0 saturated carbocycles. The first-order valence-corrected chi connectivity index (χ1v) is 4.69. The Kier molecular flexibility index (Phi) is 3.72. The van der Waals surface area contributed by atoms with Gasteiger partial charge in [-0.3, -0.25) is 0 Å². The van der Waals surface area contributed by atoms with Crippen LogP contribution in [0.4, 0.5) is 4.39 Å². The molecular formula is C10H12ClFO2. The molecule has 0 spiro atoms. The van der Waals surface area contributed by atoms with Crippen molar-refractivity contribution in [3.8, 4) is 5.75 Å².